The second-order valence-corrected chi connectivity index (χ2v) is 11.4. The monoisotopic (exact) mass is 475 g/mol. The third kappa shape index (κ3) is 5.55. The van der Waals surface area contributed by atoms with Gasteiger partial charge in [-0.2, -0.15) is 0 Å². The van der Waals surface area contributed by atoms with Crippen molar-refractivity contribution >= 4 is 29.1 Å². The summed E-state index contributed by atoms with van der Waals surface area (Å²) in [6.45, 7) is 10.9. The maximum absolute atomic E-state index is 12.9. The smallest absolute Gasteiger partial charge is 0.227 e. The average Bonchev–Trinajstić information content (AvgIpc) is 3.38. The van der Waals surface area contributed by atoms with E-state index in [1.165, 1.54) is 12.8 Å². The summed E-state index contributed by atoms with van der Waals surface area (Å²) in [5.41, 5.74) is 2.02. The molecule has 0 aromatic heterocycles. The highest BCUT2D eigenvalue weighted by atomic mass is 35.5. The Hall–Kier alpha value is -1.63. The Morgan fingerprint density at radius 2 is 1.91 bits per heavy atom. The number of rotatable bonds is 6. The van der Waals surface area contributed by atoms with E-state index < -0.39 is 5.60 Å². The first-order valence-electron chi connectivity index (χ1n) is 12.4. The quantitative estimate of drug-likeness (QED) is 0.646. The second-order valence-electron chi connectivity index (χ2n) is 10.9. The molecular formula is C26H38ClN3O3. The van der Waals surface area contributed by atoms with Crippen LogP contribution in [-0.2, 0) is 16.1 Å². The van der Waals surface area contributed by atoms with Crippen LogP contribution in [0.15, 0.2) is 12.1 Å². The third-order valence-electron chi connectivity index (χ3n) is 7.87. The summed E-state index contributed by atoms with van der Waals surface area (Å²) in [6, 6.07) is 3.98. The summed E-state index contributed by atoms with van der Waals surface area (Å²) in [4.78, 5) is 30.1. The number of benzene rings is 1. The molecule has 3 atom stereocenters. The summed E-state index contributed by atoms with van der Waals surface area (Å²) >= 11 is 6.42. The Labute approximate surface area is 202 Å². The van der Waals surface area contributed by atoms with E-state index in [2.05, 4.69) is 22.0 Å². The molecule has 1 heterocycles. The zero-order valence-electron chi connectivity index (χ0n) is 20.4. The fraction of sp³-hybridized carbons (Fsp3) is 0.692. The molecule has 182 valence electrons. The van der Waals surface area contributed by atoms with Crippen LogP contribution < -0.4 is 5.32 Å². The van der Waals surface area contributed by atoms with Crippen molar-refractivity contribution in [3.8, 4) is 0 Å². The van der Waals surface area contributed by atoms with E-state index in [9.17, 15) is 14.7 Å². The highest BCUT2D eigenvalue weighted by molar-refractivity contribution is 6.31. The average molecular weight is 476 g/mol. The van der Waals surface area contributed by atoms with E-state index in [-0.39, 0.29) is 29.7 Å². The predicted molar refractivity (Wildman–Crippen MR) is 131 cm³/mol. The molecule has 0 unspecified atom stereocenters. The molecule has 2 N–H and O–H groups in total. The molecule has 3 aliphatic rings. The van der Waals surface area contributed by atoms with Gasteiger partial charge in [-0.25, -0.2) is 0 Å². The number of anilines is 1. The van der Waals surface area contributed by atoms with Crippen LogP contribution in [0.2, 0.25) is 5.02 Å². The Kier molecular flexibility index (Phi) is 7.09. The minimum absolute atomic E-state index is 0.00110. The SMILES string of the molecule is Cc1c(CN2CCN(C(=O)C3CCCC3)[C@@H](C)C2)cc(Cl)cc1NC(=O)[C@@H]1C[C@@H]1C(C)(C)O. The summed E-state index contributed by atoms with van der Waals surface area (Å²) in [5.74, 6) is 0.362. The number of aliphatic hydroxyl groups is 1. The molecule has 1 aliphatic heterocycles. The first-order chi connectivity index (χ1) is 15.5. The number of carbonyl (C=O) groups is 2. The van der Waals surface area contributed by atoms with Crippen LogP contribution in [0.3, 0.4) is 0 Å². The lowest BCUT2D eigenvalue weighted by Gasteiger charge is -2.41. The van der Waals surface area contributed by atoms with Gasteiger partial charge in [0.25, 0.3) is 0 Å². The molecule has 2 saturated carbocycles. The molecular weight excluding hydrogens is 438 g/mol. The molecule has 1 saturated heterocycles. The van der Waals surface area contributed by atoms with E-state index in [0.29, 0.717) is 17.4 Å². The van der Waals surface area contributed by atoms with Crippen molar-refractivity contribution < 1.29 is 14.7 Å². The lowest BCUT2D eigenvalue weighted by molar-refractivity contribution is -0.140. The molecule has 2 aliphatic carbocycles. The molecule has 4 rings (SSSR count). The Morgan fingerprint density at radius 3 is 2.52 bits per heavy atom. The van der Waals surface area contributed by atoms with Crippen molar-refractivity contribution in [3.63, 3.8) is 0 Å². The molecule has 1 aromatic rings. The van der Waals surface area contributed by atoms with Crippen molar-refractivity contribution in [2.75, 3.05) is 25.0 Å². The molecule has 33 heavy (non-hydrogen) atoms. The number of amides is 2. The van der Waals surface area contributed by atoms with E-state index in [0.717, 1.165) is 55.8 Å². The molecule has 0 bridgehead atoms. The van der Waals surface area contributed by atoms with Gasteiger partial charge in [0.15, 0.2) is 0 Å². The van der Waals surface area contributed by atoms with Crippen LogP contribution in [0.5, 0.6) is 0 Å². The van der Waals surface area contributed by atoms with Crippen molar-refractivity contribution in [2.45, 2.75) is 78.0 Å². The van der Waals surface area contributed by atoms with Crippen molar-refractivity contribution in [2.24, 2.45) is 17.8 Å². The lowest BCUT2D eigenvalue weighted by atomic mass is 10.0. The van der Waals surface area contributed by atoms with Crippen molar-refractivity contribution in [3.05, 3.63) is 28.3 Å². The van der Waals surface area contributed by atoms with Gasteiger partial charge in [0.1, 0.15) is 0 Å². The molecule has 1 aromatic carbocycles. The zero-order valence-corrected chi connectivity index (χ0v) is 21.1. The first kappa shape index (κ1) is 24.5. The summed E-state index contributed by atoms with van der Waals surface area (Å²) in [6.07, 6.45) is 5.15. The number of nitrogens with one attached hydrogen (secondary N) is 1. The minimum Gasteiger partial charge on any atom is -0.390 e. The number of hydrogen-bond acceptors (Lipinski definition) is 4. The minimum atomic E-state index is -0.839. The van der Waals surface area contributed by atoms with E-state index in [1.807, 2.05) is 13.0 Å². The summed E-state index contributed by atoms with van der Waals surface area (Å²) in [5, 5.41) is 13.8. The Morgan fingerprint density at radius 1 is 1.21 bits per heavy atom. The number of halogens is 1. The number of carbonyl (C=O) groups excluding carboxylic acids is 2. The Bertz CT molecular complexity index is 907. The topological polar surface area (TPSA) is 72.9 Å². The van der Waals surface area contributed by atoms with Gasteiger partial charge in [-0.05, 0) is 76.1 Å². The molecule has 0 radical (unpaired) electrons. The molecule has 2 amide bonds. The van der Waals surface area contributed by atoms with Gasteiger partial charge in [-0.1, -0.05) is 24.4 Å². The third-order valence-corrected chi connectivity index (χ3v) is 8.08. The standard InChI is InChI=1S/C26H38ClN3O3/c1-16-14-29(9-10-30(16)25(32)18-7-5-6-8-18)15-19-11-20(27)12-23(17(19)2)28-24(31)21-13-22(21)26(3,4)33/h11-12,16,18,21-22,33H,5-10,13-15H2,1-4H3,(H,28,31)/t16-,21+,22-/m0/s1. The number of nitrogens with zero attached hydrogens (tertiary/aromatic N) is 2. The van der Waals surface area contributed by atoms with Crippen LogP contribution in [0.4, 0.5) is 5.69 Å². The van der Waals surface area contributed by atoms with E-state index >= 15 is 0 Å². The maximum Gasteiger partial charge on any atom is 0.227 e. The van der Waals surface area contributed by atoms with Gasteiger partial charge >= 0.3 is 0 Å². The molecule has 7 heteroatoms. The highest BCUT2D eigenvalue weighted by Gasteiger charge is 2.51. The van der Waals surface area contributed by atoms with E-state index in [1.54, 1.807) is 19.9 Å². The Balaban J connectivity index is 1.38. The van der Waals surface area contributed by atoms with Gasteiger partial charge in [0.05, 0.1) is 5.60 Å². The van der Waals surface area contributed by atoms with E-state index in [4.69, 9.17) is 11.6 Å². The zero-order chi connectivity index (χ0) is 23.9. The van der Waals surface area contributed by atoms with Crippen LogP contribution in [0, 0.1) is 24.7 Å². The number of piperazine rings is 1. The first-order valence-corrected chi connectivity index (χ1v) is 12.8. The van der Waals surface area contributed by atoms with Crippen molar-refractivity contribution in [1.29, 1.82) is 0 Å². The van der Waals surface area contributed by atoms with Crippen LogP contribution in [-0.4, -0.2) is 58.0 Å². The van der Waals surface area contributed by atoms with Crippen LogP contribution in [0.25, 0.3) is 0 Å². The molecule has 3 fully saturated rings. The predicted octanol–water partition coefficient (Wildman–Crippen LogP) is 4.22. The normalized spacial score (nSPS) is 26.5. The lowest BCUT2D eigenvalue weighted by Crippen LogP contribution is -2.54. The van der Waals surface area contributed by atoms with Crippen LogP contribution >= 0.6 is 11.6 Å². The largest absolute Gasteiger partial charge is 0.390 e. The van der Waals surface area contributed by atoms with Crippen molar-refractivity contribution in [1.82, 2.24) is 9.80 Å². The fourth-order valence-corrected chi connectivity index (χ4v) is 5.91. The van der Waals surface area contributed by atoms with Gasteiger partial charge in [-0.15, -0.1) is 0 Å². The summed E-state index contributed by atoms with van der Waals surface area (Å²) < 4.78 is 0. The van der Waals surface area contributed by atoms with Gasteiger partial charge in [0, 0.05) is 54.8 Å². The van der Waals surface area contributed by atoms with Crippen LogP contribution in [0.1, 0.15) is 64.0 Å². The van der Waals surface area contributed by atoms with Gasteiger partial charge in [-0.3, -0.25) is 14.5 Å². The molecule has 6 nitrogen and oxygen atoms in total. The summed E-state index contributed by atoms with van der Waals surface area (Å²) in [7, 11) is 0. The maximum atomic E-state index is 12.9. The fourth-order valence-electron chi connectivity index (χ4n) is 5.67. The number of hydrogen-bond donors (Lipinski definition) is 2. The second kappa shape index (κ2) is 9.55. The molecule has 0 spiro atoms. The highest BCUT2D eigenvalue weighted by Crippen LogP contribution is 2.47. The van der Waals surface area contributed by atoms with Gasteiger partial charge < -0.3 is 15.3 Å². The van der Waals surface area contributed by atoms with Gasteiger partial charge in [0.2, 0.25) is 11.8 Å².